The highest BCUT2D eigenvalue weighted by molar-refractivity contribution is 6.07. The predicted octanol–water partition coefficient (Wildman–Crippen LogP) is 6.24. The van der Waals surface area contributed by atoms with Crippen LogP contribution in [0.5, 0.6) is 0 Å². The van der Waals surface area contributed by atoms with E-state index in [0.717, 1.165) is 0 Å². The molecule has 0 amide bonds. The van der Waals surface area contributed by atoms with Gasteiger partial charge in [0.2, 0.25) is 0 Å². The van der Waals surface area contributed by atoms with Crippen LogP contribution in [0.15, 0.2) is 48.5 Å². The lowest BCUT2D eigenvalue weighted by Gasteiger charge is -2.11. The summed E-state index contributed by atoms with van der Waals surface area (Å²) >= 11 is 0. The molecule has 3 aromatic rings. The first-order chi connectivity index (χ1) is 9.56. The molecule has 0 radical (unpaired) electrons. The Kier molecular flexibility index (Phi) is 3.25. The number of fused-ring (bicyclic) bond motifs is 3. The maximum absolute atomic E-state index is 2.33. The molecule has 0 heteroatoms. The minimum atomic E-state index is 0.582. The second-order valence-electron chi connectivity index (χ2n) is 6.34. The molecule has 102 valence electrons. The van der Waals surface area contributed by atoms with Gasteiger partial charge in [-0.05, 0) is 44.5 Å². The summed E-state index contributed by atoms with van der Waals surface area (Å²) in [5.74, 6) is 1.16. The number of rotatable bonds is 2. The summed E-state index contributed by atoms with van der Waals surface area (Å²) in [5.41, 5.74) is 2.83. The third kappa shape index (κ3) is 2.20. The molecule has 0 heterocycles. The largest absolute Gasteiger partial charge is 0.0587 e. The molecule has 0 spiro atoms. The summed E-state index contributed by atoms with van der Waals surface area (Å²) in [6.45, 7) is 8.99. The maximum atomic E-state index is 2.33. The van der Waals surface area contributed by atoms with Gasteiger partial charge in [-0.25, -0.2) is 0 Å². The summed E-state index contributed by atoms with van der Waals surface area (Å²) in [7, 11) is 0. The molecule has 0 aliphatic carbocycles. The van der Waals surface area contributed by atoms with Gasteiger partial charge in [0.1, 0.15) is 0 Å². The van der Waals surface area contributed by atoms with Crippen molar-refractivity contribution in [3.05, 3.63) is 59.7 Å². The molecule has 20 heavy (non-hydrogen) atoms. The lowest BCUT2D eigenvalue weighted by molar-refractivity contribution is 0.868. The summed E-state index contributed by atoms with van der Waals surface area (Å²) in [6.07, 6.45) is 0. The van der Waals surface area contributed by atoms with Crippen molar-refractivity contribution in [2.45, 2.75) is 39.5 Å². The van der Waals surface area contributed by atoms with Crippen LogP contribution >= 0.6 is 0 Å². The number of benzene rings is 3. The van der Waals surface area contributed by atoms with Gasteiger partial charge in [-0.2, -0.15) is 0 Å². The SMILES string of the molecule is CC(C)c1ccc2c(ccc3cc(C(C)C)ccc32)c1. The number of hydrogen-bond donors (Lipinski definition) is 0. The fourth-order valence-corrected chi connectivity index (χ4v) is 2.83. The van der Waals surface area contributed by atoms with E-state index in [0.29, 0.717) is 11.8 Å². The Balaban J connectivity index is 2.25. The van der Waals surface area contributed by atoms with Crippen molar-refractivity contribution in [1.82, 2.24) is 0 Å². The van der Waals surface area contributed by atoms with Gasteiger partial charge in [-0.3, -0.25) is 0 Å². The van der Waals surface area contributed by atoms with Crippen molar-refractivity contribution in [3.63, 3.8) is 0 Å². The van der Waals surface area contributed by atoms with E-state index < -0.39 is 0 Å². The molecule has 0 N–H and O–H groups in total. The minimum absolute atomic E-state index is 0.582. The molecule has 0 aliphatic rings. The van der Waals surface area contributed by atoms with E-state index in [9.17, 15) is 0 Å². The van der Waals surface area contributed by atoms with E-state index >= 15 is 0 Å². The van der Waals surface area contributed by atoms with Gasteiger partial charge in [0.25, 0.3) is 0 Å². The normalized spacial score (nSPS) is 11.9. The van der Waals surface area contributed by atoms with E-state index in [4.69, 9.17) is 0 Å². The van der Waals surface area contributed by atoms with Crippen LogP contribution in [0, 0.1) is 0 Å². The average molecular weight is 262 g/mol. The van der Waals surface area contributed by atoms with Crippen LogP contribution in [-0.4, -0.2) is 0 Å². The van der Waals surface area contributed by atoms with Crippen molar-refractivity contribution in [1.29, 1.82) is 0 Å². The van der Waals surface area contributed by atoms with Gasteiger partial charge in [-0.1, -0.05) is 76.2 Å². The first kappa shape index (κ1) is 13.2. The van der Waals surface area contributed by atoms with Crippen molar-refractivity contribution in [2.75, 3.05) is 0 Å². The minimum Gasteiger partial charge on any atom is -0.0587 e. The highest BCUT2D eigenvalue weighted by Crippen LogP contribution is 2.30. The second kappa shape index (κ2) is 4.94. The smallest absolute Gasteiger partial charge is 0.0105 e. The molecular formula is C20H22. The van der Waals surface area contributed by atoms with E-state index in [1.807, 2.05) is 0 Å². The summed E-state index contributed by atoms with van der Waals surface area (Å²) in [4.78, 5) is 0. The predicted molar refractivity (Wildman–Crippen MR) is 89.6 cm³/mol. The standard InChI is InChI=1S/C20H22/c1-13(2)15-7-9-19-17(11-15)5-6-18-12-16(14(3)4)8-10-20(18)19/h5-14H,1-4H3. The average Bonchev–Trinajstić information content (AvgIpc) is 2.45. The molecule has 0 nitrogen and oxygen atoms in total. The summed E-state index contributed by atoms with van der Waals surface area (Å²) in [5, 5.41) is 5.42. The Bertz CT molecular complexity index is 697. The fourth-order valence-electron chi connectivity index (χ4n) is 2.83. The molecule has 0 aliphatic heterocycles. The topological polar surface area (TPSA) is 0 Å². The Morgan fingerprint density at radius 2 is 0.950 bits per heavy atom. The third-order valence-corrected chi connectivity index (χ3v) is 4.22. The highest BCUT2D eigenvalue weighted by atomic mass is 14.1. The van der Waals surface area contributed by atoms with Crippen molar-refractivity contribution in [2.24, 2.45) is 0 Å². The lowest BCUT2D eigenvalue weighted by Crippen LogP contribution is -1.89. The second-order valence-corrected chi connectivity index (χ2v) is 6.34. The fraction of sp³-hybridized carbons (Fsp3) is 0.300. The molecular weight excluding hydrogens is 240 g/mol. The van der Waals surface area contributed by atoms with Gasteiger partial charge in [0.15, 0.2) is 0 Å². The number of hydrogen-bond acceptors (Lipinski definition) is 0. The third-order valence-electron chi connectivity index (χ3n) is 4.22. The van der Waals surface area contributed by atoms with Gasteiger partial charge < -0.3 is 0 Å². The molecule has 0 bridgehead atoms. The Morgan fingerprint density at radius 1 is 0.550 bits per heavy atom. The van der Waals surface area contributed by atoms with E-state index in [2.05, 4.69) is 76.2 Å². The molecule has 0 atom stereocenters. The zero-order valence-corrected chi connectivity index (χ0v) is 12.8. The molecule has 3 rings (SSSR count). The van der Waals surface area contributed by atoms with Crippen LogP contribution in [0.2, 0.25) is 0 Å². The van der Waals surface area contributed by atoms with Crippen LogP contribution in [0.3, 0.4) is 0 Å². The van der Waals surface area contributed by atoms with Crippen molar-refractivity contribution < 1.29 is 0 Å². The van der Waals surface area contributed by atoms with Crippen molar-refractivity contribution in [3.8, 4) is 0 Å². The van der Waals surface area contributed by atoms with Crippen LogP contribution in [0.25, 0.3) is 21.5 Å². The summed E-state index contributed by atoms with van der Waals surface area (Å²) < 4.78 is 0. The molecule has 0 fully saturated rings. The van der Waals surface area contributed by atoms with Crippen LogP contribution in [0.4, 0.5) is 0 Å². The molecule has 0 saturated carbocycles. The van der Waals surface area contributed by atoms with Gasteiger partial charge >= 0.3 is 0 Å². The van der Waals surface area contributed by atoms with Crippen molar-refractivity contribution >= 4 is 21.5 Å². The molecule has 3 aromatic carbocycles. The Hall–Kier alpha value is -1.82. The van der Waals surface area contributed by atoms with Crippen LogP contribution in [0.1, 0.15) is 50.7 Å². The first-order valence-corrected chi connectivity index (χ1v) is 7.52. The lowest BCUT2D eigenvalue weighted by atomic mass is 9.94. The first-order valence-electron chi connectivity index (χ1n) is 7.52. The van der Waals surface area contributed by atoms with E-state index in [1.165, 1.54) is 32.7 Å². The van der Waals surface area contributed by atoms with Gasteiger partial charge in [-0.15, -0.1) is 0 Å². The van der Waals surface area contributed by atoms with Crippen LogP contribution < -0.4 is 0 Å². The molecule has 0 saturated heterocycles. The zero-order chi connectivity index (χ0) is 14.3. The summed E-state index contributed by atoms with van der Waals surface area (Å²) in [6, 6.07) is 18.3. The van der Waals surface area contributed by atoms with Crippen LogP contribution in [-0.2, 0) is 0 Å². The monoisotopic (exact) mass is 262 g/mol. The molecule has 0 aromatic heterocycles. The highest BCUT2D eigenvalue weighted by Gasteiger charge is 2.06. The van der Waals surface area contributed by atoms with Gasteiger partial charge in [0.05, 0.1) is 0 Å². The zero-order valence-electron chi connectivity index (χ0n) is 12.8. The quantitative estimate of drug-likeness (QED) is 0.479. The van der Waals surface area contributed by atoms with E-state index in [-0.39, 0.29) is 0 Å². The van der Waals surface area contributed by atoms with Gasteiger partial charge in [0, 0.05) is 0 Å². The Labute approximate surface area is 121 Å². The Morgan fingerprint density at radius 3 is 1.30 bits per heavy atom. The van der Waals surface area contributed by atoms with E-state index in [1.54, 1.807) is 0 Å². The maximum Gasteiger partial charge on any atom is -0.0105 e. The molecule has 0 unspecified atom stereocenters.